The standard InChI is InChI=1S/C25H34FN3O4S/c1-17-12-13-22(18(2)14-17)29(34(7,32)33)16-23(30)28(15-20-10-8-9-11-21(20)26)19(3)24(31)27-25(4,5)6/h8-14,19H,15-16H2,1-7H3,(H,27,31). The maximum atomic E-state index is 14.4. The number of carbonyl (C=O) groups excluding carboxylic acids is 2. The Morgan fingerprint density at radius 2 is 1.71 bits per heavy atom. The van der Waals surface area contributed by atoms with Gasteiger partial charge in [0.2, 0.25) is 21.8 Å². The number of halogens is 1. The average Bonchev–Trinajstić information content (AvgIpc) is 2.69. The molecule has 0 aliphatic carbocycles. The molecule has 2 amide bonds. The summed E-state index contributed by atoms with van der Waals surface area (Å²) in [5, 5.41) is 2.83. The molecule has 2 aromatic carbocycles. The second kappa shape index (κ2) is 10.5. The van der Waals surface area contributed by atoms with Crippen molar-refractivity contribution in [3.63, 3.8) is 0 Å². The van der Waals surface area contributed by atoms with Crippen molar-refractivity contribution in [3.05, 3.63) is 65.0 Å². The molecule has 186 valence electrons. The molecular formula is C25H34FN3O4S. The van der Waals surface area contributed by atoms with Crippen LogP contribution in [0.2, 0.25) is 0 Å². The Kier molecular flexibility index (Phi) is 8.47. The minimum Gasteiger partial charge on any atom is -0.350 e. The maximum Gasteiger partial charge on any atom is 0.244 e. The summed E-state index contributed by atoms with van der Waals surface area (Å²) in [4.78, 5) is 27.6. The zero-order valence-electron chi connectivity index (χ0n) is 20.8. The van der Waals surface area contributed by atoms with Gasteiger partial charge in [0.05, 0.1) is 11.9 Å². The van der Waals surface area contributed by atoms with Gasteiger partial charge in [0.25, 0.3) is 0 Å². The van der Waals surface area contributed by atoms with Gasteiger partial charge in [0.1, 0.15) is 18.4 Å². The molecule has 1 atom stereocenters. The lowest BCUT2D eigenvalue weighted by Crippen LogP contribution is -2.54. The van der Waals surface area contributed by atoms with Crippen LogP contribution in [0.15, 0.2) is 42.5 Å². The van der Waals surface area contributed by atoms with Crippen molar-refractivity contribution < 1.29 is 22.4 Å². The van der Waals surface area contributed by atoms with Gasteiger partial charge in [-0.25, -0.2) is 12.8 Å². The predicted molar refractivity (Wildman–Crippen MR) is 132 cm³/mol. The fourth-order valence-corrected chi connectivity index (χ4v) is 4.45. The summed E-state index contributed by atoms with van der Waals surface area (Å²) in [7, 11) is -3.83. The summed E-state index contributed by atoms with van der Waals surface area (Å²) in [6, 6.07) is 10.3. The van der Waals surface area contributed by atoms with E-state index in [1.807, 2.05) is 33.8 Å². The molecule has 2 rings (SSSR count). The number of nitrogens with one attached hydrogen (secondary N) is 1. The summed E-state index contributed by atoms with van der Waals surface area (Å²) in [5.41, 5.74) is 1.70. The third kappa shape index (κ3) is 7.28. The number of hydrogen-bond acceptors (Lipinski definition) is 4. The van der Waals surface area contributed by atoms with E-state index in [2.05, 4.69) is 5.32 Å². The third-order valence-electron chi connectivity index (χ3n) is 5.26. The number of anilines is 1. The highest BCUT2D eigenvalue weighted by molar-refractivity contribution is 7.92. The van der Waals surface area contributed by atoms with Gasteiger partial charge in [-0.05, 0) is 59.2 Å². The van der Waals surface area contributed by atoms with Crippen LogP contribution in [0.4, 0.5) is 10.1 Å². The number of sulfonamides is 1. The topological polar surface area (TPSA) is 86.8 Å². The molecule has 0 bridgehead atoms. The molecule has 34 heavy (non-hydrogen) atoms. The molecule has 2 aromatic rings. The highest BCUT2D eigenvalue weighted by Gasteiger charge is 2.32. The van der Waals surface area contributed by atoms with E-state index in [-0.39, 0.29) is 12.1 Å². The number of amides is 2. The van der Waals surface area contributed by atoms with Crippen LogP contribution in [-0.2, 0) is 26.2 Å². The Hall–Kier alpha value is -2.94. The van der Waals surface area contributed by atoms with E-state index in [4.69, 9.17) is 0 Å². The molecule has 0 saturated heterocycles. The quantitative estimate of drug-likeness (QED) is 0.612. The van der Waals surface area contributed by atoms with Gasteiger partial charge in [-0.15, -0.1) is 0 Å². The van der Waals surface area contributed by atoms with Gasteiger partial charge in [0, 0.05) is 17.6 Å². The van der Waals surface area contributed by atoms with Crippen LogP contribution in [0.3, 0.4) is 0 Å². The summed E-state index contributed by atoms with van der Waals surface area (Å²) < 4.78 is 40.7. The van der Waals surface area contributed by atoms with E-state index >= 15 is 0 Å². The Balaban J connectivity index is 2.45. The molecule has 0 saturated carbocycles. The molecule has 0 spiro atoms. The van der Waals surface area contributed by atoms with E-state index < -0.39 is 45.8 Å². The van der Waals surface area contributed by atoms with Crippen LogP contribution < -0.4 is 9.62 Å². The van der Waals surface area contributed by atoms with Gasteiger partial charge in [-0.3, -0.25) is 13.9 Å². The first kappa shape index (κ1) is 27.3. The molecule has 7 nitrogen and oxygen atoms in total. The van der Waals surface area contributed by atoms with Crippen molar-refractivity contribution in [2.24, 2.45) is 0 Å². The van der Waals surface area contributed by atoms with E-state index in [9.17, 15) is 22.4 Å². The molecule has 0 radical (unpaired) electrons. The highest BCUT2D eigenvalue weighted by Crippen LogP contribution is 2.24. The first-order chi connectivity index (χ1) is 15.6. The van der Waals surface area contributed by atoms with Crippen molar-refractivity contribution in [2.45, 2.75) is 59.7 Å². The molecule has 0 aliphatic heterocycles. The summed E-state index contributed by atoms with van der Waals surface area (Å²) in [5.74, 6) is -1.56. The zero-order chi connectivity index (χ0) is 25.8. The number of aryl methyl sites for hydroxylation is 2. The van der Waals surface area contributed by atoms with E-state index in [0.717, 1.165) is 16.1 Å². The monoisotopic (exact) mass is 491 g/mol. The summed E-state index contributed by atoms with van der Waals surface area (Å²) in [6.07, 6.45) is 1.02. The number of rotatable bonds is 8. The minimum atomic E-state index is -3.83. The van der Waals surface area contributed by atoms with Crippen LogP contribution >= 0.6 is 0 Å². The van der Waals surface area contributed by atoms with Crippen LogP contribution in [0, 0.1) is 19.7 Å². The number of hydrogen-bond donors (Lipinski definition) is 1. The Morgan fingerprint density at radius 1 is 1.09 bits per heavy atom. The van der Waals surface area contributed by atoms with E-state index in [0.29, 0.717) is 11.3 Å². The van der Waals surface area contributed by atoms with Crippen molar-refractivity contribution in [2.75, 3.05) is 17.1 Å². The fraction of sp³-hybridized carbons (Fsp3) is 0.440. The summed E-state index contributed by atoms with van der Waals surface area (Å²) in [6.45, 7) is 9.92. The van der Waals surface area contributed by atoms with Gasteiger partial charge < -0.3 is 10.2 Å². The first-order valence-corrected chi connectivity index (χ1v) is 12.8. The fourth-order valence-electron chi connectivity index (χ4n) is 3.55. The van der Waals surface area contributed by atoms with Crippen molar-refractivity contribution in [3.8, 4) is 0 Å². The second-order valence-electron chi connectivity index (χ2n) is 9.59. The SMILES string of the molecule is Cc1ccc(N(CC(=O)N(Cc2ccccc2F)C(C)C(=O)NC(C)(C)C)S(C)(=O)=O)c(C)c1. The zero-order valence-corrected chi connectivity index (χ0v) is 21.7. The maximum absolute atomic E-state index is 14.4. The third-order valence-corrected chi connectivity index (χ3v) is 6.39. The van der Waals surface area contributed by atoms with Crippen LogP contribution in [0.25, 0.3) is 0 Å². The molecule has 0 aliphatic rings. The molecule has 0 aromatic heterocycles. The largest absolute Gasteiger partial charge is 0.350 e. The molecule has 1 N–H and O–H groups in total. The van der Waals surface area contributed by atoms with E-state index in [1.165, 1.54) is 23.1 Å². The lowest BCUT2D eigenvalue weighted by Gasteiger charge is -2.33. The van der Waals surface area contributed by atoms with Crippen LogP contribution in [-0.4, -0.2) is 49.5 Å². The summed E-state index contributed by atoms with van der Waals surface area (Å²) >= 11 is 0. The van der Waals surface area contributed by atoms with Crippen LogP contribution in [0.1, 0.15) is 44.4 Å². The number of benzene rings is 2. The smallest absolute Gasteiger partial charge is 0.244 e. The van der Waals surface area contributed by atoms with Crippen molar-refractivity contribution >= 4 is 27.5 Å². The van der Waals surface area contributed by atoms with Crippen LogP contribution in [0.5, 0.6) is 0 Å². The molecular weight excluding hydrogens is 457 g/mol. The van der Waals surface area contributed by atoms with Crippen molar-refractivity contribution in [1.82, 2.24) is 10.2 Å². The number of nitrogens with zero attached hydrogens (tertiary/aromatic N) is 2. The molecule has 1 unspecified atom stereocenters. The van der Waals surface area contributed by atoms with Gasteiger partial charge in [-0.1, -0.05) is 35.9 Å². The molecule has 0 fully saturated rings. The predicted octanol–water partition coefficient (Wildman–Crippen LogP) is 3.54. The highest BCUT2D eigenvalue weighted by atomic mass is 32.2. The average molecular weight is 492 g/mol. The van der Waals surface area contributed by atoms with Gasteiger partial charge >= 0.3 is 0 Å². The molecule has 9 heteroatoms. The van der Waals surface area contributed by atoms with Gasteiger partial charge in [-0.2, -0.15) is 0 Å². The number of carbonyl (C=O) groups is 2. The van der Waals surface area contributed by atoms with Crippen molar-refractivity contribution in [1.29, 1.82) is 0 Å². The lowest BCUT2D eigenvalue weighted by molar-refractivity contribution is -0.140. The minimum absolute atomic E-state index is 0.186. The Morgan fingerprint density at radius 3 is 2.24 bits per heavy atom. The Bertz CT molecular complexity index is 1160. The second-order valence-corrected chi connectivity index (χ2v) is 11.5. The first-order valence-electron chi connectivity index (χ1n) is 11.0. The van der Waals surface area contributed by atoms with Gasteiger partial charge in [0.15, 0.2) is 0 Å². The normalized spacial score (nSPS) is 12.7. The van der Waals surface area contributed by atoms with E-state index in [1.54, 1.807) is 32.0 Å². The Labute approximate surface area is 202 Å². The molecule has 0 heterocycles. The lowest BCUT2D eigenvalue weighted by atomic mass is 10.1.